The number of nitrogens with one attached hydrogen (secondary N) is 3. The first-order valence-corrected chi connectivity index (χ1v) is 10.8. The Morgan fingerprint density at radius 1 is 1.15 bits per heavy atom. The molecule has 1 aromatic heterocycles. The minimum absolute atomic E-state index is 0.151. The minimum Gasteiger partial charge on any atom is -0.348 e. The van der Waals surface area contributed by atoms with Crippen molar-refractivity contribution in [2.45, 2.75) is 12.7 Å². The highest BCUT2D eigenvalue weighted by atomic mass is 35.5. The second kappa shape index (κ2) is 9.14. The number of carbonyl (C=O) groups is 2. The van der Waals surface area contributed by atoms with Crippen molar-refractivity contribution in [2.75, 3.05) is 30.4 Å². The third-order valence-electron chi connectivity index (χ3n) is 5.25. The van der Waals surface area contributed by atoms with E-state index in [1.54, 1.807) is 42.6 Å². The molecule has 10 heteroatoms. The topological polar surface area (TPSA) is 114 Å². The van der Waals surface area contributed by atoms with Crippen LogP contribution in [0.3, 0.4) is 0 Å². The minimum atomic E-state index is -0.396. The van der Waals surface area contributed by atoms with Gasteiger partial charge in [-0.05, 0) is 42.5 Å². The smallest absolute Gasteiger partial charge is 0.251 e. The Labute approximate surface area is 194 Å². The van der Waals surface area contributed by atoms with Crippen molar-refractivity contribution in [1.82, 2.24) is 15.3 Å². The van der Waals surface area contributed by atoms with E-state index >= 15 is 0 Å². The van der Waals surface area contributed by atoms with Gasteiger partial charge in [-0.1, -0.05) is 11.6 Å². The maximum absolute atomic E-state index is 12.3. The molecule has 0 spiro atoms. The van der Waals surface area contributed by atoms with Gasteiger partial charge in [0, 0.05) is 33.6 Å². The van der Waals surface area contributed by atoms with E-state index in [-0.39, 0.29) is 18.2 Å². The van der Waals surface area contributed by atoms with Gasteiger partial charge < -0.3 is 25.4 Å². The molecule has 2 amide bonds. The van der Waals surface area contributed by atoms with Gasteiger partial charge in [0.25, 0.3) is 5.91 Å². The molecule has 3 aromatic rings. The molecule has 33 heavy (non-hydrogen) atoms. The lowest BCUT2D eigenvalue weighted by molar-refractivity contribution is -0.115. The molecule has 5 rings (SSSR count). The van der Waals surface area contributed by atoms with E-state index in [9.17, 15) is 9.59 Å². The molecule has 0 bridgehead atoms. The highest BCUT2D eigenvalue weighted by molar-refractivity contribution is 6.31. The van der Waals surface area contributed by atoms with Crippen LogP contribution in [0.2, 0.25) is 5.02 Å². The van der Waals surface area contributed by atoms with E-state index in [4.69, 9.17) is 21.1 Å². The number of anilines is 3. The van der Waals surface area contributed by atoms with Crippen LogP contribution < -0.4 is 16.0 Å². The van der Waals surface area contributed by atoms with Crippen LogP contribution in [0.5, 0.6) is 0 Å². The van der Waals surface area contributed by atoms with E-state index in [1.807, 2.05) is 6.07 Å². The van der Waals surface area contributed by atoms with Crippen LogP contribution in [0.25, 0.3) is 11.3 Å². The summed E-state index contributed by atoms with van der Waals surface area (Å²) in [6.45, 7) is 1.38. The lowest BCUT2D eigenvalue weighted by Gasteiger charge is -2.12. The van der Waals surface area contributed by atoms with Crippen LogP contribution in [-0.4, -0.2) is 47.8 Å². The Bertz CT molecular complexity index is 1210. The second-order valence-corrected chi connectivity index (χ2v) is 8.00. The van der Waals surface area contributed by atoms with E-state index in [2.05, 4.69) is 25.9 Å². The number of halogens is 1. The number of nitrogens with zero attached hydrogens (tertiary/aromatic N) is 2. The van der Waals surface area contributed by atoms with Crippen molar-refractivity contribution in [2.24, 2.45) is 0 Å². The quantitative estimate of drug-likeness (QED) is 0.530. The van der Waals surface area contributed by atoms with Gasteiger partial charge in [0.1, 0.15) is 0 Å². The number of aromatic nitrogens is 2. The number of ether oxygens (including phenoxy) is 2. The number of carbonyl (C=O) groups excluding carboxylic acids is 2. The Hall–Kier alpha value is -3.53. The summed E-state index contributed by atoms with van der Waals surface area (Å²) in [7, 11) is 0. The molecule has 0 unspecified atom stereocenters. The molecular weight excluding hydrogens is 446 g/mol. The molecule has 1 fully saturated rings. The third-order valence-corrected chi connectivity index (χ3v) is 5.48. The summed E-state index contributed by atoms with van der Waals surface area (Å²) in [6, 6.07) is 12.2. The number of benzene rings is 2. The fourth-order valence-corrected chi connectivity index (χ4v) is 3.83. The summed E-state index contributed by atoms with van der Waals surface area (Å²) in [6.07, 6.45) is 1.41. The lowest BCUT2D eigenvalue weighted by Crippen LogP contribution is -2.32. The van der Waals surface area contributed by atoms with E-state index in [0.717, 1.165) is 11.1 Å². The Morgan fingerprint density at radius 2 is 1.94 bits per heavy atom. The molecule has 0 radical (unpaired) electrons. The van der Waals surface area contributed by atoms with Crippen LogP contribution >= 0.6 is 11.6 Å². The zero-order chi connectivity index (χ0) is 22.8. The Kier molecular flexibility index (Phi) is 5.91. The molecule has 168 valence electrons. The first-order valence-electron chi connectivity index (χ1n) is 10.4. The maximum Gasteiger partial charge on any atom is 0.251 e. The molecule has 2 aliphatic rings. The number of amides is 2. The van der Waals surface area contributed by atoms with Gasteiger partial charge in [-0.3, -0.25) is 9.59 Å². The predicted octanol–water partition coefficient (Wildman–Crippen LogP) is 3.14. The monoisotopic (exact) mass is 465 g/mol. The van der Waals surface area contributed by atoms with Crippen molar-refractivity contribution in [3.8, 4) is 11.3 Å². The Balaban J connectivity index is 1.32. The summed E-state index contributed by atoms with van der Waals surface area (Å²) in [4.78, 5) is 33.5. The summed E-state index contributed by atoms with van der Waals surface area (Å²) in [5.41, 5.74) is 3.99. The molecule has 3 N–H and O–H groups in total. The lowest BCUT2D eigenvalue weighted by atomic mass is 10.1. The van der Waals surface area contributed by atoms with Crippen molar-refractivity contribution < 1.29 is 19.1 Å². The molecule has 9 nitrogen and oxygen atoms in total. The molecule has 0 saturated carbocycles. The maximum atomic E-state index is 12.3. The van der Waals surface area contributed by atoms with Crippen LogP contribution in [0.15, 0.2) is 48.7 Å². The van der Waals surface area contributed by atoms with E-state index < -0.39 is 6.29 Å². The molecule has 3 heterocycles. The first kappa shape index (κ1) is 21.3. The van der Waals surface area contributed by atoms with Crippen LogP contribution in [0.1, 0.15) is 15.9 Å². The van der Waals surface area contributed by atoms with Gasteiger partial charge in [0.15, 0.2) is 6.29 Å². The molecule has 1 saturated heterocycles. The highest BCUT2D eigenvalue weighted by Gasteiger charge is 2.21. The van der Waals surface area contributed by atoms with E-state index in [0.29, 0.717) is 53.4 Å². The standard InChI is InChI=1S/C23H20ClN5O4/c24-15-3-6-17-18(10-15)28-19(30)9-14-11-26-23(29-21(14)17)27-16-4-1-13(2-5-16)22(31)25-12-20-32-7-8-33-20/h1-6,10-11,20H,7-9,12H2,(H,25,31)(H,28,30)(H,26,27,29). The van der Waals surface area contributed by atoms with Crippen LogP contribution in [0, 0.1) is 0 Å². The fraction of sp³-hybridized carbons (Fsp3) is 0.217. The molecule has 2 aliphatic heterocycles. The average molecular weight is 466 g/mol. The van der Waals surface area contributed by atoms with Gasteiger partial charge in [-0.25, -0.2) is 9.97 Å². The van der Waals surface area contributed by atoms with Gasteiger partial charge in [-0.2, -0.15) is 0 Å². The number of hydrogen-bond acceptors (Lipinski definition) is 7. The van der Waals surface area contributed by atoms with Crippen LogP contribution in [-0.2, 0) is 20.7 Å². The van der Waals surface area contributed by atoms with Crippen molar-refractivity contribution >= 4 is 40.7 Å². The molecular formula is C23H20ClN5O4. The number of fused-ring (bicyclic) bond motifs is 3. The fourth-order valence-electron chi connectivity index (χ4n) is 3.66. The van der Waals surface area contributed by atoms with E-state index in [1.165, 1.54) is 0 Å². The van der Waals surface area contributed by atoms with Gasteiger partial charge >= 0.3 is 0 Å². The van der Waals surface area contributed by atoms with Crippen molar-refractivity contribution in [3.05, 3.63) is 64.8 Å². The normalized spacial score (nSPS) is 15.2. The molecule has 0 aliphatic carbocycles. The molecule has 2 aromatic carbocycles. The van der Waals surface area contributed by atoms with Crippen molar-refractivity contribution in [3.63, 3.8) is 0 Å². The van der Waals surface area contributed by atoms with Gasteiger partial charge in [0.2, 0.25) is 11.9 Å². The SMILES string of the molecule is O=C1Cc2cnc(Nc3ccc(C(=O)NCC4OCCO4)cc3)nc2-c2ccc(Cl)cc2N1. The summed E-state index contributed by atoms with van der Waals surface area (Å²) >= 11 is 6.09. The number of rotatable bonds is 5. The summed E-state index contributed by atoms with van der Waals surface area (Å²) < 4.78 is 10.6. The second-order valence-electron chi connectivity index (χ2n) is 7.57. The summed E-state index contributed by atoms with van der Waals surface area (Å²) in [5.74, 6) is 0.00703. The van der Waals surface area contributed by atoms with Gasteiger partial charge in [-0.15, -0.1) is 0 Å². The first-order chi connectivity index (χ1) is 16.0. The zero-order valence-electron chi connectivity index (χ0n) is 17.4. The third kappa shape index (κ3) is 4.80. The van der Waals surface area contributed by atoms with Crippen LogP contribution in [0.4, 0.5) is 17.3 Å². The Morgan fingerprint density at radius 3 is 2.73 bits per heavy atom. The van der Waals surface area contributed by atoms with Crippen molar-refractivity contribution in [1.29, 1.82) is 0 Å². The average Bonchev–Trinajstić information content (AvgIpc) is 3.28. The molecule has 0 atom stereocenters. The van der Waals surface area contributed by atoms with Gasteiger partial charge in [0.05, 0.1) is 37.6 Å². The predicted molar refractivity (Wildman–Crippen MR) is 123 cm³/mol. The number of hydrogen-bond donors (Lipinski definition) is 3. The zero-order valence-corrected chi connectivity index (χ0v) is 18.2. The summed E-state index contributed by atoms with van der Waals surface area (Å²) in [5, 5.41) is 9.32. The highest BCUT2D eigenvalue weighted by Crippen LogP contribution is 2.34. The largest absolute Gasteiger partial charge is 0.348 e.